The van der Waals surface area contributed by atoms with E-state index < -0.39 is 11.0 Å². The molecule has 4 rings (SSSR count). The van der Waals surface area contributed by atoms with Gasteiger partial charge in [-0.25, -0.2) is 8.60 Å². The van der Waals surface area contributed by atoms with Gasteiger partial charge in [-0.2, -0.15) is 0 Å². The number of anilines is 1. The first-order valence-corrected chi connectivity index (χ1v) is 13.3. The maximum absolute atomic E-state index is 13.3. The van der Waals surface area contributed by atoms with Gasteiger partial charge in [0.2, 0.25) is 0 Å². The summed E-state index contributed by atoms with van der Waals surface area (Å²) in [6, 6.07) is 8.13. The highest BCUT2D eigenvalue weighted by Crippen LogP contribution is 2.39. The van der Waals surface area contributed by atoms with Crippen molar-refractivity contribution in [2.24, 2.45) is 0 Å². The summed E-state index contributed by atoms with van der Waals surface area (Å²) in [5, 5.41) is 14.9. The average molecular weight is 515 g/mol. The van der Waals surface area contributed by atoms with Crippen molar-refractivity contribution in [2.45, 2.75) is 13.0 Å². The molecule has 2 aromatic carbocycles. The first kappa shape index (κ1) is 26.2. The van der Waals surface area contributed by atoms with Crippen LogP contribution in [0.5, 0.6) is 5.75 Å². The SMILES string of the molecule is CN(c1c(CNCCN2CCOCC2)c(C=O)c(O)c2ncc(Cc3ccc(F)cc3)cc12)S(C)=O. The number of carbonyl (C=O) groups is 1. The zero-order chi connectivity index (χ0) is 25.7. The van der Waals surface area contributed by atoms with Gasteiger partial charge in [0.05, 0.1) is 24.5 Å². The minimum atomic E-state index is -1.39. The molecule has 192 valence electrons. The van der Waals surface area contributed by atoms with Gasteiger partial charge in [-0.1, -0.05) is 12.1 Å². The molecule has 0 amide bonds. The van der Waals surface area contributed by atoms with Crippen LogP contribution in [-0.4, -0.2) is 78.2 Å². The summed E-state index contributed by atoms with van der Waals surface area (Å²) in [4.78, 5) is 18.8. The maximum Gasteiger partial charge on any atom is 0.154 e. The molecular weight excluding hydrogens is 483 g/mol. The van der Waals surface area contributed by atoms with E-state index in [9.17, 15) is 18.5 Å². The Morgan fingerprint density at radius 2 is 1.97 bits per heavy atom. The van der Waals surface area contributed by atoms with Gasteiger partial charge in [0, 0.05) is 63.2 Å². The molecule has 2 heterocycles. The molecule has 1 atom stereocenters. The lowest BCUT2D eigenvalue weighted by molar-refractivity contribution is 0.0384. The maximum atomic E-state index is 13.3. The predicted octanol–water partition coefficient (Wildman–Crippen LogP) is 2.63. The molecule has 10 heteroatoms. The summed E-state index contributed by atoms with van der Waals surface area (Å²) >= 11 is 0. The fourth-order valence-electron chi connectivity index (χ4n) is 4.44. The molecule has 36 heavy (non-hydrogen) atoms. The number of aromatic hydroxyl groups is 1. The Bertz CT molecular complexity index is 1250. The van der Waals surface area contributed by atoms with E-state index in [2.05, 4.69) is 15.2 Å². The van der Waals surface area contributed by atoms with Crippen LogP contribution in [0.3, 0.4) is 0 Å². The van der Waals surface area contributed by atoms with Crippen LogP contribution in [0.2, 0.25) is 0 Å². The number of aldehydes is 1. The Morgan fingerprint density at radius 3 is 2.64 bits per heavy atom. The van der Waals surface area contributed by atoms with Gasteiger partial charge in [-0.05, 0) is 35.7 Å². The van der Waals surface area contributed by atoms with Gasteiger partial charge in [-0.3, -0.25) is 19.0 Å². The number of hydrogen-bond donors (Lipinski definition) is 2. The molecule has 1 fully saturated rings. The van der Waals surface area contributed by atoms with Crippen molar-refractivity contribution >= 4 is 33.9 Å². The highest BCUT2D eigenvalue weighted by Gasteiger charge is 2.24. The highest BCUT2D eigenvalue weighted by atomic mass is 32.2. The normalized spacial score (nSPS) is 15.2. The largest absolute Gasteiger partial charge is 0.505 e. The highest BCUT2D eigenvalue weighted by molar-refractivity contribution is 7.85. The number of rotatable bonds is 10. The Kier molecular flexibility index (Phi) is 8.63. The van der Waals surface area contributed by atoms with E-state index in [4.69, 9.17) is 4.74 Å². The lowest BCUT2D eigenvalue weighted by atomic mass is 9.97. The number of aromatic nitrogens is 1. The summed E-state index contributed by atoms with van der Waals surface area (Å²) in [5.41, 5.74) is 3.30. The molecule has 1 unspecified atom stereocenters. The van der Waals surface area contributed by atoms with Crippen molar-refractivity contribution in [3.8, 4) is 5.75 Å². The quantitative estimate of drug-likeness (QED) is 0.317. The number of carbonyl (C=O) groups excluding carboxylic acids is 1. The molecule has 0 spiro atoms. The Labute approximate surface area is 212 Å². The zero-order valence-electron chi connectivity index (χ0n) is 20.5. The van der Waals surface area contributed by atoms with Gasteiger partial charge in [-0.15, -0.1) is 0 Å². The molecule has 0 aliphatic carbocycles. The number of phenolic OH excluding ortho intramolecular Hbond substituents is 1. The third kappa shape index (κ3) is 5.89. The molecule has 1 aliphatic heterocycles. The standard InChI is InChI=1S/C26H31FN4O4S/c1-30(36(2)34)25-21-14-19(13-18-3-5-20(27)6-4-18)15-29-24(21)26(33)23(17-32)22(25)16-28-7-8-31-9-11-35-12-10-31/h3-6,14-15,17,28,33H,7-13,16H2,1-2H3. The minimum absolute atomic E-state index is 0.132. The van der Waals surface area contributed by atoms with Gasteiger partial charge in [0.1, 0.15) is 22.3 Å². The average Bonchev–Trinajstić information content (AvgIpc) is 2.88. The van der Waals surface area contributed by atoms with Gasteiger partial charge >= 0.3 is 0 Å². The van der Waals surface area contributed by atoms with Crippen molar-refractivity contribution in [1.82, 2.24) is 15.2 Å². The van der Waals surface area contributed by atoms with E-state index in [0.717, 1.165) is 44.0 Å². The summed E-state index contributed by atoms with van der Waals surface area (Å²) < 4.78 is 32.9. The minimum Gasteiger partial charge on any atom is -0.505 e. The third-order valence-electron chi connectivity index (χ3n) is 6.44. The van der Waals surface area contributed by atoms with E-state index in [1.807, 2.05) is 6.07 Å². The number of nitrogens with zero attached hydrogens (tertiary/aromatic N) is 3. The lowest BCUT2D eigenvalue weighted by Gasteiger charge is -2.27. The van der Waals surface area contributed by atoms with Crippen LogP contribution in [0.1, 0.15) is 27.0 Å². The number of hydrogen-bond acceptors (Lipinski definition) is 7. The molecule has 0 bridgehead atoms. The number of phenols is 1. The van der Waals surface area contributed by atoms with E-state index in [1.54, 1.807) is 35.9 Å². The van der Waals surface area contributed by atoms with Gasteiger partial charge < -0.3 is 15.2 Å². The Hall–Kier alpha value is -2.92. The molecule has 1 aromatic heterocycles. The molecule has 8 nitrogen and oxygen atoms in total. The van der Waals surface area contributed by atoms with Crippen LogP contribution in [-0.2, 0) is 28.7 Å². The predicted molar refractivity (Wildman–Crippen MR) is 139 cm³/mol. The van der Waals surface area contributed by atoms with E-state index in [0.29, 0.717) is 42.4 Å². The molecule has 0 saturated carbocycles. The van der Waals surface area contributed by atoms with Crippen molar-refractivity contribution in [1.29, 1.82) is 0 Å². The smallest absolute Gasteiger partial charge is 0.154 e. The molecule has 0 radical (unpaired) electrons. The first-order chi connectivity index (χ1) is 17.4. The molecular formula is C26H31FN4O4S. The fraction of sp³-hybridized carbons (Fsp3) is 0.385. The summed E-state index contributed by atoms with van der Waals surface area (Å²) in [5.74, 6) is -0.501. The number of fused-ring (bicyclic) bond motifs is 1. The van der Waals surface area contributed by atoms with Crippen molar-refractivity contribution in [3.63, 3.8) is 0 Å². The summed E-state index contributed by atoms with van der Waals surface area (Å²) in [7, 11) is 0.308. The van der Waals surface area contributed by atoms with Crippen LogP contribution in [0, 0.1) is 5.82 Å². The number of morpholine rings is 1. The van der Waals surface area contributed by atoms with Gasteiger partial charge in [0.15, 0.2) is 12.0 Å². The molecule has 1 saturated heterocycles. The van der Waals surface area contributed by atoms with Crippen LogP contribution in [0.25, 0.3) is 10.9 Å². The fourth-order valence-corrected chi connectivity index (χ4v) is 4.91. The number of benzene rings is 2. The van der Waals surface area contributed by atoms with Crippen molar-refractivity contribution in [2.75, 3.05) is 57.0 Å². The summed E-state index contributed by atoms with van der Waals surface area (Å²) in [6.07, 6.45) is 4.32. The van der Waals surface area contributed by atoms with Crippen LogP contribution in [0.4, 0.5) is 10.1 Å². The number of halogens is 1. The number of nitrogens with one attached hydrogen (secondary N) is 1. The second kappa shape index (κ2) is 11.9. The third-order valence-corrected chi connectivity index (χ3v) is 7.39. The number of pyridine rings is 1. The molecule has 1 aliphatic rings. The first-order valence-electron chi connectivity index (χ1n) is 11.8. The van der Waals surface area contributed by atoms with Crippen molar-refractivity contribution in [3.05, 3.63) is 64.6 Å². The Balaban J connectivity index is 1.70. The summed E-state index contributed by atoms with van der Waals surface area (Å²) in [6.45, 7) is 5.01. The molecule has 3 aromatic rings. The van der Waals surface area contributed by atoms with E-state index >= 15 is 0 Å². The van der Waals surface area contributed by atoms with Gasteiger partial charge in [0.25, 0.3) is 0 Å². The van der Waals surface area contributed by atoms with E-state index in [-0.39, 0.29) is 22.6 Å². The topological polar surface area (TPSA) is 95.0 Å². The van der Waals surface area contributed by atoms with Crippen LogP contribution < -0.4 is 9.62 Å². The van der Waals surface area contributed by atoms with E-state index in [1.165, 1.54) is 12.1 Å². The second-order valence-corrected chi connectivity index (χ2v) is 10.2. The second-order valence-electron chi connectivity index (χ2n) is 8.80. The zero-order valence-corrected chi connectivity index (χ0v) is 21.3. The molecule has 2 N–H and O–H groups in total. The Morgan fingerprint density at radius 1 is 1.25 bits per heavy atom. The number of ether oxygens (including phenoxy) is 1. The lowest BCUT2D eigenvalue weighted by Crippen LogP contribution is -2.40. The van der Waals surface area contributed by atoms with Crippen molar-refractivity contribution < 1.29 is 23.2 Å². The van der Waals surface area contributed by atoms with Crippen LogP contribution >= 0.6 is 0 Å². The van der Waals surface area contributed by atoms with Crippen LogP contribution in [0.15, 0.2) is 36.5 Å². The monoisotopic (exact) mass is 514 g/mol.